The third-order valence-corrected chi connectivity index (χ3v) is 4.71. The zero-order chi connectivity index (χ0) is 16.8. The Bertz CT molecular complexity index is 894. The van der Waals surface area contributed by atoms with Crippen LogP contribution in [-0.2, 0) is 20.1 Å². The Labute approximate surface area is 139 Å². The number of halogens is 1. The molecule has 2 aromatic heterocycles. The Hall–Kier alpha value is -2.25. The molecule has 2 N–H and O–H groups in total. The van der Waals surface area contributed by atoms with Crippen LogP contribution in [0.15, 0.2) is 24.3 Å². The van der Waals surface area contributed by atoms with Gasteiger partial charge in [0.2, 0.25) is 0 Å². The third kappa shape index (κ3) is 2.40. The summed E-state index contributed by atoms with van der Waals surface area (Å²) in [7, 11) is 1.89. The first-order chi connectivity index (χ1) is 11.5. The molecule has 0 spiro atoms. The molecule has 0 radical (unpaired) electrons. The number of nitrogens with zero attached hydrogens (tertiary/aromatic N) is 5. The van der Waals surface area contributed by atoms with Crippen LogP contribution in [0.2, 0.25) is 0 Å². The lowest BCUT2D eigenvalue weighted by Crippen LogP contribution is -2.39. The van der Waals surface area contributed by atoms with Crippen molar-refractivity contribution in [2.75, 3.05) is 6.54 Å². The number of benzene rings is 1. The smallest absolute Gasteiger partial charge is 0.161 e. The number of imidazole rings is 1. The van der Waals surface area contributed by atoms with E-state index in [-0.39, 0.29) is 12.0 Å². The molecule has 4 rings (SSSR count). The van der Waals surface area contributed by atoms with E-state index in [1.165, 1.54) is 6.07 Å². The molecule has 1 aliphatic rings. The topological polar surface area (TPSA) is 64.9 Å². The van der Waals surface area contributed by atoms with E-state index < -0.39 is 0 Å². The third-order valence-electron chi connectivity index (χ3n) is 4.71. The summed E-state index contributed by atoms with van der Waals surface area (Å²) in [5, 5.41) is 4.70. The monoisotopic (exact) mass is 328 g/mol. The van der Waals surface area contributed by atoms with Crippen molar-refractivity contribution < 1.29 is 4.39 Å². The second kappa shape index (κ2) is 5.68. The summed E-state index contributed by atoms with van der Waals surface area (Å²) in [5.41, 5.74) is 9.09. The second-order valence-corrected chi connectivity index (χ2v) is 6.41. The maximum atomic E-state index is 14.0. The summed E-state index contributed by atoms with van der Waals surface area (Å²) in [6.45, 7) is 4.59. The minimum Gasteiger partial charge on any atom is -0.326 e. The Morgan fingerprint density at radius 2 is 2.12 bits per heavy atom. The van der Waals surface area contributed by atoms with Gasteiger partial charge in [0.15, 0.2) is 11.6 Å². The summed E-state index contributed by atoms with van der Waals surface area (Å²) < 4.78 is 17.9. The minimum atomic E-state index is -0.307. The molecular weight excluding hydrogens is 307 g/mol. The molecule has 3 heterocycles. The van der Waals surface area contributed by atoms with Crippen molar-refractivity contribution in [3.8, 4) is 11.5 Å². The minimum absolute atomic E-state index is 0.0137. The number of rotatable bonds is 2. The quantitative estimate of drug-likeness (QED) is 0.782. The first-order valence-electron chi connectivity index (χ1n) is 8.22. The second-order valence-electron chi connectivity index (χ2n) is 6.41. The first-order valence-corrected chi connectivity index (χ1v) is 8.22. The molecule has 3 aromatic rings. The predicted octanol–water partition coefficient (Wildman–Crippen LogP) is 2.09. The van der Waals surface area contributed by atoms with Crippen LogP contribution < -0.4 is 5.73 Å². The number of fused-ring (bicyclic) bond motifs is 2. The average Bonchev–Trinajstić information content (AvgIpc) is 3.03. The molecule has 6 nitrogen and oxygen atoms in total. The molecule has 0 aliphatic carbocycles. The fraction of sp³-hybridized carbons (Fsp3) is 0.412. The van der Waals surface area contributed by atoms with Gasteiger partial charge in [-0.3, -0.25) is 9.58 Å². The molecule has 24 heavy (non-hydrogen) atoms. The highest BCUT2D eigenvalue weighted by Crippen LogP contribution is 2.26. The lowest BCUT2D eigenvalue weighted by Gasteiger charge is -2.23. The largest absolute Gasteiger partial charge is 0.326 e. The number of para-hydroxylation sites is 1. The standard InChI is InChI=1S/C17H21FN6/c1-11(19)23-7-4-8-24-12(10-23)9-14(21-24)17-20-16-13(18)5-3-6-15(16)22(17)2/h3,5-6,9,11H,4,7-8,10,19H2,1-2H3/t11-/m1/s1. The van der Waals surface area contributed by atoms with Crippen molar-refractivity contribution in [2.24, 2.45) is 12.8 Å². The molecule has 0 bridgehead atoms. The molecule has 0 saturated carbocycles. The number of hydrogen-bond donors (Lipinski definition) is 1. The van der Waals surface area contributed by atoms with Crippen LogP contribution in [0.25, 0.3) is 22.6 Å². The van der Waals surface area contributed by atoms with Gasteiger partial charge in [0, 0.05) is 26.7 Å². The SMILES string of the molecule is C[C@H](N)N1CCCn2nc(-c3nc4c(F)cccc4n3C)cc2C1. The average molecular weight is 328 g/mol. The van der Waals surface area contributed by atoms with Crippen LogP contribution in [0.4, 0.5) is 4.39 Å². The lowest BCUT2D eigenvalue weighted by atomic mass is 10.3. The van der Waals surface area contributed by atoms with E-state index >= 15 is 0 Å². The van der Waals surface area contributed by atoms with Gasteiger partial charge in [-0.15, -0.1) is 0 Å². The van der Waals surface area contributed by atoms with Crippen molar-refractivity contribution in [1.29, 1.82) is 0 Å². The molecule has 0 amide bonds. The zero-order valence-electron chi connectivity index (χ0n) is 13.9. The molecule has 0 unspecified atom stereocenters. The molecular formula is C17H21FN6. The highest BCUT2D eigenvalue weighted by molar-refractivity contribution is 5.80. The lowest BCUT2D eigenvalue weighted by molar-refractivity contribution is 0.207. The van der Waals surface area contributed by atoms with Gasteiger partial charge in [0.25, 0.3) is 0 Å². The Morgan fingerprint density at radius 1 is 1.29 bits per heavy atom. The van der Waals surface area contributed by atoms with Gasteiger partial charge in [0.05, 0.1) is 17.4 Å². The van der Waals surface area contributed by atoms with Gasteiger partial charge in [-0.05, 0) is 31.5 Å². The molecule has 7 heteroatoms. The molecule has 0 fully saturated rings. The number of nitrogens with two attached hydrogens (primary N) is 1. The highest BCUT2D eigenvalue weighted by atomic mass is 19.1. The highest BCUT2D eigenvalue weighted by Gasteiger charge is 2.21. The van der Waals surface area contributed by atoms with Gasteiger partial charge < -0.3 is 10.3 Å². The normalized spacial score (nSPS) is 17.0. The van der Waals surface area contributed by atoms with Crippen molar-refractivity contribution in [3.63, 3.8) is 0 Å². The Balaban J connectivity index is 1.78. The van der Waals surface area contributed by atoms with E-state index in [0.717, 1.165) is 43.0 Å². The van der Waals surface area contributed by atoms with E-state index in [4.69, 9.17) is 10.8 Å². The van der Waals surface area contributed by atoms with E-state index in [0.29, 0.717) is 11.3 Å². The fourth-order valence-electron chi connectivity index (χ4n) is 3.35. The van der Waals surface area contributed by atoms with Gasteiger partial charge in [0.1, 0.15) is 11.2 Å². The first kappa shape index (κ1) is 15.3. The van der Waals surface area contributed by atoms with Crippen molar-refractivity contribution in [1.82, 2.24) is 24.2 Å². The van der Waals surface area contributed by atoms with E-state index in [1.807, 2.05) is 35.4 Å². The van der Waals surface area contributed by atoms with Gasteiger partial charge in [-0.2, -0.15) is 5.10 Å². The maximum absolute atomic E-state index is 14.0. The van der Waals surface area contributed by atoms with Gasteiger partial charge in [-0.1, -0.05) is 6.07 Å². The maximum Gasteiger partial charge on any atom is 0.161 e. The molecule has 0 saturated heterocycles. The van der Waals surface area contributed by atoms with Crippen LogP contribution in [0.5, 0.6) is 0 Å². The van der Waals surface area contributed by atoms with Crippen LogP contribution in [0, 0.1) is 5.82 Å². The van der Waals surface area contributed by atoms with Crippen LogP contribution >= 0.6 is 0 Å². The van der Waals surface area contributed by atoms with E-state index in [2.05, 4.69) is 9.88 Å². The summed E-state index contributed by atoms with van der Waals surface area (Å²) in [6, 6.07) is 7.04. The van der Waals surface area contributed by atoms with Crippen LogP contribution in [0.3, 0.4) is 0 Å². The molecule has 1 aromatic carbocycles. The molecule has 126 valence electrons. The summed E-state index contributed by atoms with van der Waals surface area (Å²) >= 11 is 0. The number of aromatic nitrogens is 4. The number of hydrogen-bond acceptors (Lipinski definition) is 4. The fourth-order valence-corrected chi connectivity index (χ4v) is 3.35. The van der Waals surface area contributed by atoms with Gasteiger partial charge in [-0.25, -0.2) is 9.37 Å². The Kier molecular flexibility index (Phi) is 3.62. The predicted molar refractivity (Wildman–Crippen MR) is 90.6 cm³/mol. The van der Waals surface area contributed by atoms with Crippen LogP contribution in [-0.4, -0.2) is 36.9 Å². The van der Waals surface area contributed by atoms with E-state index in [9.17, 15) is 4.39 Å². The summed E-state index contributed by atoms with van der Waals surface area (Å²) in [4.78, 5) is 6.71. The number of aryl methyl sites for hydroxylation is 2. The van der Waals surface area contributed by atoms with Gasteiger partial charge >= 0.3 is 0 Å². The van der Waals surface area contributed by atoms with Crippen molar-refractivity contribution >= 4 is 11.0 Å². The Morgan fingerprint density at radius 3 is 2.88 bits per heavy atom. The summed E-state index contributed by atoms with van der Waals surface area (Å²) in [5.74, 6) is 0.376. The van der Waals surface area contributed by atoms with Crippen molar-refractivity contribution in [3.05, 3.63) is 35.8 Å². The molecule has 1 aliphatic heterocycles. The molecule has 1 atom stereocenters. The van der Waals surface area contributed by atoms with E-state index in [1.54, 1.807) is 6.07 Å². The van der Waals surface area contributed by atoms with Crippen LogP contribution in [0.1, 0.15) is 19.0 Å². The van der Waals surface area contributed by atoms with Crippen molar-refractivity contribution in [2.45, 2.75) is 32.6 Å². The zero-order valence-corrected chi connectivity index (χ0v) is 13.9. The summed E-state index contributed by atoms with van der Waals surface area (Å²) in [6.07, 6.45) is 1.02.